The molecular formula is C15H18ClN5O3. The van der Waals surface area contributed by atoms with Crippen LogP contribution in [0.2, 0.25) is 5.02 Å². The molecule has 1 amide bonds. The topological polar surface area (TPSA) is 104 Å². The van der Waals surface area contributed by atoms with E-state index in [4.69, 9.17) is 16.7 Å². The maximum absolute atomic E-state index is 12.1. The van der Waals surface area contributed by atoms with Crippen molar-refractivity contribution in [3.05, 3.63) is 40.8 Å². The van der Waals surface area contributed by atoms with E-state index in [0.717, 1.165) is 5.69 Å². The number of amides is 1. The van der Waals surface area contributed by atoms with Gasteiger partial charge in [0.25, 0.3) is 0 Å². The molecule has 0 spiro atoms. The number of carbonyl (C=O) groups is 1. The van der Waals surface area contributed by atoms with Gasteiger partial charge < -0.3 is 15.5 Å². The summed E-state index contributed by atoms with van der Waals surface area (Å²) >= 11 is 5.76. The average Bonchev–Trinajstić information content (AvgIpc) is 2.99. The highest BCUT2D eigenvalue weighted by atomic mass is 35.5. The molecule has 2 aromatic rings. The largest absolute Gasteiger partial charge is 0.393 e. The minimum absolute atomic E-state index is 0.159. The van der Waals surface area contributed by atoms with Gasteiger partial charge in [0.15, 0.2) is 0 Å². The first-order valence-corrected chi connectivity index (χ1v) is 7.92. The molecule has 0 aromatic carbocycles. The zero-order valence-corrected chi connectivity index (χ0v) is 13.6. The van der Waals surface area contributed by atoms with Crippen molar-refractivity contribution >= 4 is 23.3 Å². The van der Waals surface area contributed by atoms with Crippen molar-refractivity contribution in [1.29, 1.82) is 0 Å². The number of nitrogens with one attached hydrogen (secondary N) is 1. The van der Waals surface area contributed by atoms with E-state index in [1.807, 2.05) is 4.90 Å². The lowest BCUT2D eigenvalue weighted by Gasteiger charge is -2.26. The van der Waals surface area contributed by atoms with Crippen molar-refractivity contribution in [3.8, 4) is 0 Å². The van der Waals surface area contributed by atoms with Crippen molar-refractivity contribution in [1.82, 2.24) is 19.7 Å². The van der Waals surface area contributed by atoms with Gasteiger partial charge in [0.05, 0.1) is 36.1 Å². The standard InChI is InChI=1S/C15H18ClN5O3/c16-10-1-2-14(17-6-10)18-15(24)8-20-3-4-21-11(7-20)5-12(19-21)13(23)9-22/h1-2,5-6,13,22-23H,3-4,7-9H2,(H,17,18,24)/t13-/m1/s1. The van der Waals surface area contributed by atoms with E-state index in [0.29, 0.717) is 36.2 Å². The van der Waals surface area contributed by atoms with Gasteiger partial charge in [-0.3, -0.25) is 14.4 Å². The number of aliphatic hydroxyl groups excluding tert-OH is 2. The smallest absolute Gasteiger partial charge is 0.239 e. The van der Waals surface area contributed by atoms with Crippen LogP contribution in [-0.4, -0.2) is 55.5 Å². The van der Waals surface area contributed by atoms with E-state index < -0.39 is 6.10 Å². The highest BCUT2D eigenvalue weighted by Gasteiger charge is 2.22. The van der Waals surface area contributed by atoms with Crippen molar-refractivity contribution in [3.63, 3.8) is 0 Å². The Bertz CT molecular complexity index is 718. The molecule has 8 nitrogen and oxygen atoms in total. The number of aliphatic hydroxyl groups is 2. The second-order valence-corrected chi connectivity index (χ2v) is 6.04. The Balaban J connectivity index is 1.58. The van der Waals surface area contributed by atoms with Gasteiger partial charge >= 0.3 is 0 Å². The van der Waals surface area contributed by atoms with Crippen LogP contribution >= 0.6 is 11.6 Å². The van der Waals surface area contributed by atoms with Gasteiger partial charge in [0.1, 0.15) is 11.9 Å². The Morgan fingerprint density at radius 3 is 2.96 bits per heavy atom. The Hall–Kier alpha value is -2.00. The predicted octanol–water partition coefficient (Wildman–Crippen LogP) is 0.411. The third-order valence-corrected chi connectivity index (χ3v) is 4.00. The van der Waals surface area contributed by atoms with Gasteiger partial charge in [0.2, 0.25) is 5.91 Å². The summed E-state index contributed by atoms with van der Waals surface area (Å²) in [6.07, 6.45) is 0.501. The molecule has 3 rings (SSSR count). The maximum Gasteiger partial charge on any atom is 0.239 e. The Kier molecular flexibility index (Phi) is 5.10. The number of aromatic nitrogens is 3. The van der Waals surface area contributed by atoms with Gasteiger partial charge in [-0.15, -0.1) is 0 Å². The van der Waals surface area contributed by atoms with Crippen molar-refractivity contribution in [2.24, 2.45) is 0 Å². The SMILES string of the molecule is O=C(CN1CCn2nc([C@H](O)CO)cc2C1)Nc1ccc(Cl)cn1. The number of hydrogen-bond acceptors (Lipinski definition) is 6. The van der Waals surface area contributed by atoms with Gasteiger partial charge in [-0.2, -0.15) is 5.10 Å². The zero-order chi connectivity index (χ0) is 17.1. The quantitative estimate of drug-likeness (QED) is 0.721. The van der Waals surface area contributed by atoms with Crippen molar-refractivity contribution in [2.45, 2.75) is 19.2 Å². The Morgan fingerprint density at radius 1 is 1.42 bits per heavy atom. The van der Waals surface area contributed by atoms with Crippen molar-refractivity contribution < 1.29 is 15.0 Å². The molecule has 9 heteroatoms. The number of fused-ring (bicyclic) bond motifs is 1. The molecule has 1 aliphatic rings. The number of anilines is 1. The highest BCUT2D eigenvalue weighted by molar-refractivity contribution is 6.30. The Labute approximate surface area is 143 Å². The molecule has 1 aliphatic heterocycles. The third-order valence-electron chi connectivity index (χ3n) is 3.77. The number of hydrogen-bond donors (Lipinski definition) is 3. The van der Waals surface area contributed by atoms with E-state index in [1.54, 1.807) is 22.9 Å². The van der Waals surface area contributed by atoms with Gasteiger partial charge in [-0.1, -0.05) is 11.6 Å². The van der Waals surface area contributed by atoms with Crippen LogP contribution in [0.25, 0.3) is 0 Å². The summed E-state index contributed by atoms with van der Waals surface area (Å²) in [4.78, 5) is 18.1. The lowest BCUT2D eigenvalue weighted by molar-refractivity contribution is -0.117. The van der Waals surface area contributed by atoms with E-state index >= 15 is 0 Å². The molecule has 2 aromatic heterocycles. The van der Waals surface area contributed by atoms with Crippen LogP contribution in [0.5, 0.6) is 0 Å². The molecule has 0 saturated carbocycles. The molecule has 3 N–H and O–H groups in total. The fraction of sp³-hybridized carbons (Fsp3) is 0.400. The van der Waals surface area contributed by atoms with Crippen LogP contribution in [0.15, 0.2) is 24.4 Å². The average molecular weight is 352 g/mol. The zero-order valence-electron chi connectivity index (χ0n) is 12.9. The van der Waals surface area contributed by atoms with Crippen LogP contribution in [0.3, 0.4) is 0 Å². The number of nitrogens with zero attached hydrogens (tertiary/aromatic N) is 4. The first kappa shape index (κ1) is 16.8. The molecule has 0 radical (unpaired) electrons. The summed E-state index contributed by atoms with van der Waals surface area (Å²) in [5.41, 5.74) is 1.35. The second kappa shape index (κ2) is 7.27. The van der Waals surface area contributed by atoms with Crippen molar-refractivity contribution in [2.75, 3.05) is 25.0 Å². The summed E-state index contributed by atoms with van der Waals surface area (Å²) < 4.78 is 1.80. The monoisotopic (exact) mass is 351 g/mol. The maximum atomic E-state index is 12.1. The van der Waals surface area contributed by atoms with E-state index in [2.05, 4.69) is 15.4 Å². The third kappa shape index (κ3) is 3.90. The number of carbonyl (C=O) groups excluding carboxylic acids is 1. The molecule has 0 unspecified atom stereocenters. The number of halogens is 1. The first-order valence-electron chi connectivity index (χ1n) is 7.54. The number of pyridine rings is 1. The number of rotatable bonds is 5. The normalized spacial score (nSPS) is 15.8. The summed E-state index contributed by atoms with van der Waals surface area (Å²) in [6.45, 7) is 1.71. The van der Waals surface area contributed by atoms with E-state index in [9.17, 15) is 9.90 Å². The van der Waals surface area contributed by atoms with Crippen LogP contribution in [0.4, 0.5) is 5.82 Å². The summed E-state index contributed by atoms with van der Waals surface area (Å²) in [6, 6.07) is 5.07. The highest BCUT2D eigenvalue weighted by Crippen LogP contribution is 2.18. The van der Waals surface area contributed by atoms with Gasteiger partial charge in [0, 0.05) is 19.3 Å². The fourth-order valence-corrected chi connectivity index (χ4v) is 2.68. The van der Waals surface area contributed by atoms with Gasteiger partial charge in [-0.05, 0) is 18.2 Å². The van der Waals surface area contributed by atoms with Crippen LogP contribution in [-0.2, 0) is 17.9 Å². The molecule has 0 saturated heterocycles. The molecule has 24 heavy (non-hydrogen) atoms. The molecule has 0 bridgehead atoms. The minimum Gasteiger partial charge on any atom is -0.393 e. The van der Waals surface area contributed by atoms with E-state index in [1.165, 1.54) is 6.20 Å². The summed E-state index contributed by atoms with van der Waals surface area (Å²) in [5.74, 6) is 0.299. The second-order valence-electron chi connectivity index (χ2n) is 5.60. The summed E-state index contributed by atoms with van der Waals surface area (Å²) in [7, 11) is 0. The Morgan fingerprint density at radius 2 is 2.25 bits per heavy atom. The summed E-state index contributed by atoms with van der Waals surface area (Å²) in [5, 5.41) is 26.2. The predicted molar refractivity (Wildman–Crippen MR) is 87.4 cm³/mol. The molecule has 3 heterocycles. The first-order chi connectivity index (χ1) is 11.5. The minimum atomic E-state index is -0.976. The van der Waals surface area contributed by atoms with E-state index in [-0.39, 0.29) is 19.1 Å². The molecule has 128 valence electrons. The molecule has 1 atom stereocenters. The van der Waals surface area contributed by atoms with Crippen LogP contribution in [0.1, 0.15) is 17.5 Å². The molecular weight excluding hydrogens is 334 g/mol. The van der Waals surface area contributed by atoms with Crippen LogP contribution < -0.4 is 5.32 Å². The van der Waals surface area contributed by atoms with Crippen LogP contribution in [0, 0.1) is 0 Å². The van der Waals surface area contributed by atoms with Gasteiger partial charge in [-0.25, -0.2) is 4.98 Å². The fourth-order valence-electron chi connectivity index (χ4n) is 2.57. The molecule has 0 aliphatic carbocycles. The lowest BCUT2D eigenvalue weighted by atomic mass is 10.2. The molecule has 0 fully saturated rings. The lowest BCUT2D eigenvalue weighted by Crippen LogP contribution is -2.39.